The number of alkyl carbamates (subject to hydrolysis) is 1. The molecular formula is C23H23NO3. The third kappa shape index (κ3) is 4.94. The number of ketones is 1. The van der Waals surface area contributed by atoms with Gasteiger partial charge in [0.15, 0.2) is 5.78 Å². The first-order valence-corrected chi connectivity index (χ1v) is 8.91. The first-order chi connectivity index (χ1) is 12.8. The molecule has 138 valence electrons. The summed E-state index contributed by atoms with van der Waals surface area (Å²) in [5, 5.41) is 4.87. The molecule has 3 aromatic rings. The summed E-state index contributed by atoms with van der Waals surface area (Å²) in [6.07, 6.45) is -0.594. The molecule has 0 spiro atoms. The van der Waals surface area contributed by atoms with Gasteiger partial charge in [-0.1, -0.05) is 60.7 Å². The van der Waals surface area contributed by atoms with Crippen LogP contribution in [0.3, 0.4) is 0 Å². The molecule has 0 atom stereocenters. The molecule has 0 aliphatic heterocycles. The van der Waals surface area contributed by atoms with Crippen molar-refractivity contribution in [1.82, 2.24) is 5.32 Å². The zero-order valence-corrected chi connectivity index (χ0v) is 15.8. The van der Waals surface area contributed by atoms with Crippen molar-refractivity contribution >= 4 is 22.6 Å². The van der Waals surface area contributed by atoms with Crippen LogP contribution in [0.4, 0.5) is 4.79 Å². The molecule has 0 saturated carbocycles. The predicted molar refractivity (Wildman–Crippen MR) is 108 cm³/mol. The Bertz CT molecular complexity index is 969. The number of amides is 1. The Kier molecular flexibility index (Phi) is 5.26. The summed E-state index contributed by atoms with van der Waals surface area (Å²) in [6, 6.07) is 21.9. The third-order valence-corrected chi connectivity index (χ3v) is 4.08. The number of benzene rings is 3. The smallest absolute Gasteiger partial charge is 0.408 e. The summed E-state index contributed by atoms with van der Waals surface area (Å²) >= 11 is 0. The van der Waals surface area contributed by atoms with Crippen LogP contribution in [0.15, 0.2) is 66.7 Å². The van der Waals surface area contributed by atoms with Gasteiger partial charge in [0, 0.05) is 5.56 Å². The molecule has 0 saturated heterocycles. The zero-order chi connectivity index (χ0) is 19.4. The second-order valence-electron chi connectivity index (χ2n) is 7.42. The van der Waals surface area contributed by atoms with Crippen LogP contribution in [0.2, 0.25) is 0 Å². The first-order valence-electron chi connectivity index (χ1n) is 8.91. The number of Topliss-reactive ketones (excluding diaryl/α,β-unsaturated/α-hetero) is 1. The van der Waals surface area contributed by atoms with Crippen molar-refractivity contribution in [2.45, 2.75) is 26.4 Å². The van der Waals surface area contributed by atoms with E-state index >= 15 is 0 Å². The average Bonchev–Trinajstić information content (AvgIpc) is 2.64. The molecule has 3 aromatic carbocycles. The Hall–Kier alpha value is -3.14. The van der Waals surface area contributed by atoms with E-state index in [9.17, 15) is 9.59 Å². The number of fused-ring (bicyclic) bond motifs is 1. The van der Waals surface area contributed by atoms with Gasteiger partial charge in [-0.05, 0) is 48.7 Å². The first kappa shape index (κ1) is 18.6. The normalized spacial score (nSPS) is 11.2. The number of nitrogens with one attached hydrogen (secondary N) is 1. The molecule has 1 N–H and O–H groups in total. The van der Waals surface area contributed by atoms with Crippen LogP contribution in [0.1, 0.15) is 31.1 Å². The fourth-order valence-electron chi connectivity index (χ4n) is 2.79. The van der Waals surface area contributed by atoms with Crippen molar-refractivity contribution in [1.29, 1.82) is 0 Å². The van der Waals surface area contributed by atoms with E-state index in [2.05, 4.69) is 35.6 Å². The molecule has 0 radical (unpaired) electrons. The highest BCUT2D eigenvalue weighted by Gasteiger charge is 2.17. The summed E-state index contributed by atoms with van der Waals surface area (Å²) in [6.45, 7) is 5.24. The second kappa shape index (κ2) is 7.62. The zero-order valence-electron chi connectivity index (χ0n) is 15.8. The van der Waals surface area contributed by atoms with Gasteiger partial charge >= 0.3 is 6.09 Å². The minimum atomic E-state index is -0.594. The number of hydrogen-bond acceptors (Lipinski definition) is 3. The van der Waals surface area contributed by atoms with Crippen LogP contribution in [0.25, 0.3) is 21.9 Å². The summed E-state index contributed by atoms with van der Waals surface area (Å²) < 4.78 is 5.13. The maximum atomic E-state index is 12.3. The molecule has 0 aromatic heterocycles. The minimum Gasteiger partial charge on any atom is -0.444 e. The van der Waals surface area contributed by atoms with E-state index in [1.807, 2.05) is 24.3 Å². The number of carbonyl (C=O) groups is 2. The van der Waals surface area contributed by atoms with Gasteiger partial charge in [-0.2, -0.15) is 0 Å². The van der Waals surface area contributed by atoms with Crippen LogP contribution in [-0.2, 0) is 4.74 Å². The quantitative estimate of drug-likeness (QED) is 0.649. The van der Waals surface area contributed by atoms with Gasteiger partial charge in [-0.15, -0.1) is 0 Å². The van der Waals surface area contributed by atoms with Crippen molar-refractivity contribution < 1.29 is 14.3 Å². The van der Waals surface area contributed by atoms with Crippen molar-refractivity contribution in [3.63, 3.8) is 0 Å². The van der Waals surface area contributed by atoms with Crippen molar-refractivity contribution in [2.75, 3.05) is 6.54 Å². The van der Waals surface area contributed by atoms with Gasteiger partial charge < -0.3 is 10.1 Å². The number of ether oxygens (including phenoxy) is 1. The highest BCUT2D eigenvalue weighted by atomic mass is 16.6. The third-order valence-electron chi connectivity index (χ3n) is 4.08. The van der Waals surface area contributed by atoms with Crippen LogP contribution >= 0.6 is 0 Å². The molecule has 0 heterocycles. The lowest BCUT2D eigenvalue weighted by Crippen LogP contribution is -2.35. The Balaban J connectivity index is 1.67. The Labute approximate surface area is 159 Å². The lowest BCUT2D eigenvalue weighted by Gasteiger charge is -2.19. The van der Waals surface area contributed by atoms with Crippen molar-refractivity contribution in [3.05, 3.63) is 72.3 Å². The SMILES string of the molecule is CC(C)(C)OC(=O)NCC(=O)c1ccc(-c2ccc3ccccc3c2)cc1. The molecule has 0 aliphatic rings. The topological polar surface area (TPSA) is 55.4 Å². The highest BCUT2D eigenvalue weighted by molar-refractivity contribution is 5.99. The van der Waals surface area contributed by atoms with Crippen molar-refractivity contribution in [3.8, 4) is 11.1 Å². The monoisotopic (exact) mass is 361 g/mol. The second-order valence-corrected chi connectivity index (χ2v) is 7.42. The van der Waals surface area contributed by atoms with E-state index in [0.29, 0.717) is 5.56 Å². The number of carbonyl (C=O) groups excluding carboxylic acids is 2. The summed E-state index contributed by atoms with van der Waals surface area (Å²) in [7, 11) is 0. The van der Waals surface area contributed by atoms with E-state index in [4.69, 9.17) is 4.74 Å². The van der Waals surface area contributed by atoms with Gasteiger partial charge in [0.05, 0.1) is 6.54 Å². The van der Waals surface area contributed by atoms with Crippen LogP contribution in [0.5, 0.6) is 0 Å². The Morgan fingerprint density at radius 1 is 0.852 bits per heavy atom. The highest BCUT2D eigenvalue weighted by Crippen LogP contribution is 2.24. The molecule has 0 fully saturated rings. The summed E-state index contributed by atoms with van der Waals surface area (Å²) in [4.78, 5) is 23.9. The lowest BCUT2D eigenvalue weighted by molar-refractivity contribution is 0.0520. The summed E-state index contributed by atoms with van der Waals surface area (Å²) in [5.41, 5.74) is 2.10. The Morgan fingerprint density at radius 3 is 2.15 bits per heavy atom. The number of hydrogen-bond donors (Lipinski definition) is 1. The van der Waals surface area contributed by atoms with E-state index in [-0.39, 0.29) is 12.3 Å². The van der Waals surface area contributed by atoms with Gasteiger partial charge in [0.25, 0.3) is 0 Å². The molecule has 1 amide bonds. The predicted octanol–water partition coefficient (Wildman–Crippen LogP) is 5.21. The number of rotatable bonds is 4. The summed E-state index contributed by atoms with van der Waals surface area (Å²) in [5.74, 6) is -0.161. The van der Waals surface area contributed by atoms with E-state index < -0.39 is 11.7 Å². The molecule has 4 nitrogen and oxygen atoms in total. The minimum absolute atomic E-state index is 0.0930. The molecule has 0 aliphatic carbocycles. The Morgan fingerprint density at radius 2 is 1.48 bits per heavy atom. The van der Waals surface area contributed by atoms with Crippen LogP contribution < -0.4 is 5.32 Å². The van der Waals surface area contributed by atoms with E-state index in [1.165, 1.54) is 10.8 Å². The fraction of sp³-hybridized carbons (Fsp3) is 0.217. The van der Waals surface area contributed by atoms with Crippen LogP contribution in [0, 0.1) is 0 Å². The van der Waals surface area contributed by atoms with Crippen LogP contribution in [-0.4, -0.2) is 24.0 Å². The standard InChI is InChI=1S/C23H23NO3/c1-23(2,3)27-22(26)24-15-21(25)18-11-8-17(9-12-18)20-13-10-16-6-4-5-7-19(16)14-20/h4-14H,15H2,1-3H3,(H,24,26). The largest absolute Gasteiger partial charge is 0.444 e. The maximum absolute atomic E-state index is 12.3. The molecule has 4 heteroatoms. The molecule has 27 heavy (non-hydrogen) atoms. The average molecular weight is 361 g/mol. The van der Waals surface area contributed by atoms with Crippen molar-refractivity contribution in [2.24, 2.45) is 0 Å². The fourth-order valence-corrected chi connectivity index (χ4v) is 2.79. The van der Waals surface area contributed by atoms with Gasteiger partial charge in [0.2, 0.25) is 0 Å². The lowest BCUT2D eigenvalue weighted by atomic mass is 9.99. The molecule has 0 unspecified atom stereocenters. The van der Waals surface area contributed by atoms with Gasteiger partial charge in [-0.3, -0.25) is 4.79 Å². The molecular weight excluding hydrogens is 338 g/mol. The van der Waals surface area contributed by atoms with Gasteiger partial charge in [-0.25, -0.2) is 4.79 Å². The van der Waals surface area contributed by atoms with Gasteiger partial charge in [0.1, 0.15) is 5.60 Å². The molecule has 0 bridgehead atoms. The maximum Gasteiger partial charge on any atom is 0.408 e. The molecule has 3 rings (SSSR count). The van der Waals surface area contributed by atoms with E-state index in [0.717, 1.165) is 11.1 Å². The van der Waals surface area contributed by atoms with E-state index in [1.54, 1.807) is 32.9 Å².